The van der Waals surface area contributed by atoms with E-state index in [2.05, 4.69) is 26.6 Å². The van der Waals surface area contributed by atoms with Crippen molar-refractivity contribution in [2.75, 3.05) is 5.88 Å². The molecule has 0 spiro atoms. The van der Waals surface area contributed by atoms with Crippen LogP contribution in [-0.4, -0.2) is 56.5 Å². The molecular formula is C32H36BrN3O4S. The van der Waals surface area contributed by atoms with Crippen molar-refractivity contribution in [3.8, 4) is 0 Å². The number of hydrogen-bond donors (Lipinski definition) is 3. The molecule has 1 aliphatic heterocycles. The number of aliphatic hydroxyl groups is 1. The third kappa shape index (κ3) is 7.39. The minimum Gasteiger partial charge on any atom is -0.381 e. The standard InChI is InChI=1S/C32H36BrN3O4S/c1-20-10-8-9-13-24(20)18-34-30(39)28-32(3,4)41-19-36(28)31(40)27(37)26(17-22-11-6-5-7-12-22)35-29(38)23-14-15-25(33)21(2)16-23/h5-16,26-28,37H,17-19H2,1-4H3,(H,34,39)(H,35,38). The Morgan fingerprint density at radius 2 is 1.71 bits per heavy atom. The van der Waals surface area contributed by atoms with Crippen LogP contribution in [0.1, 0.15) is 46.5 Å². The number of nitrogens with zero attached hydrogens (tertiary/aromatic N) is 1. The largest absolute Gasteiger partial charge is 0.381 e. The summed E-state index contributed by atoms with van der Waals surface area (Å²) >= 11 is 4.94. The topological polar surface area (TPSA) is 98.7 Å². The maximum atomic E-state index is 13.8. The summed E-state index contributed by atoms with van der Waals surface area (Å²) in [5.74, 6) is -1.01. The first kappa shape index (κ1) is 30.8. The van der Waals surface area contributed by atoms with Gasteiger partial charge in [0.05, 0.1) is 11.9 Å². The van der Waals surface area contributed by atoms with Gasteiger partial charge in [0.15, 0.2) is 6.10 Å². The number of carbonyl (C=O) groups is 3. The van der Waals surface area contributed by atoms with E-state index in [-0.39, 0.29) is 18.2 Å². The first-order valence-corrected chi connectivity index (χ1v) is 15.3. The van der Waals surface area contributed by atoms with Crippen LogP contribution in [0.3, 0.4) is 0 Å². The molecule has 1 heterocycles. The fourth-order valence-electron chi connectivity index (χ4n) is 4.99. The average molecular weight is 639 g/mol. The van der Waals surface area contributed by atoms with Crippen LogP contribution in [0, 0.1) is 13.8 Å². The number of nitrogens with one attached hydrogen (secondary N) is 2. The van der Waals surface area contributed by atoms with Gasteiger partial charge in [0.2, 0.25) is 5.91 Å². The summed E-state index contributed by atoms with van der Waals surface area (Å²) in [6.45, 7) is 8.06. The van der Waals surface area contributed by atoms with Crippen molar-refractivity contribution in [2.24, 2.45) is 0 Å². The van der Waals surface area contributed by atoms with Crippen molar-refractivity contribution in [1.29, 1.82) is 0 Å². The molecule has 1 fully saturated rings. The van der Waals surface area contributed by atoms with E-state index >= 15 is 0 Å². The van der Waals surface area contributed by atoms with Gasteiger partial charge in [-0.2, -0.15) is 0 Å². The van der Waals surface area contributed by atoms with Crippen molar-refractivity contribution in [1.82, 2.24) is 15.5 Å². The molecule has 3 amide bonds. The van der Waals surface area contributed by atoms with Crippen LogP contribution >= 0.6 is 27.7 Å². The van der Waals surface area contributed by atoms with Gasteiger partial charge >= 0.3 is 0 Å². The van der Waals surface area contributed by atoms with Gasteiger partial charge in [-0.3, -0.25) is 14.4 Å². The summed E-state index contributed by atoms with van der Waals surface area (Å²) in [6.07, 6.45) is -1.32. The zero-order valence-electron chi connectivity index (χ0n) is 23.7. The highest BCUT2D eigenvalue weighted by Gasteiger charge is 2.49. The molecular weight excluding hydrogens is 602 g/mol. The van der Waals surface area contributed by atoms with Gasteiger partial charge in [0, 0.05) is 21.3 Å². The molecule has 0 bridgehead atoms. The normalized spacial score (nSPS) is 17.5. The number of carbonyl (C=O) groups excluding carboxylic acids is 3. The highest BCUT2D eigenvalue weighted by Crippen LogP contribution is 2.40. The summed E-state index contributed by atoms with van der Waals surface area (Å²) in [7, 11) is 0. The molecule has 3 aromatic carbocycles. The Bertz CT molecular complexity index is 1420. The van der Waals surface area contributed by atoms with E-state index in [4.69, 9.17) is 0 Å². The van der Waals surface area contributed by atoms with Crippen LogP contribution in [0.4, 0.5) is 0 Å². The van der Waals surface area contributed by atoms with Crippen LogP contribution in [0.15, 0.2) is 77.3 Å². The molecule has 1 aliphatic rings. The third-order valence-corrected chi connectivity index (χ3v) is 9.73. The van der Waals surface area contributed by atoms with Gasteiger partial charge in [-0.1, -0.05) is 70.5 Å². The van der Waals surface area contributed by atoms with E-state index in [9.17, 15) is 19.5 Å². The van der Waals surface area contributed by atoms with E-state index in [0.717, 1.165) is 26.7 Å². The number of rotatable bonds is 9. The van der Waals surface area contributed by atoms with Crippen molar-refractivity contribution in [3.05, 3.63) is 105 Å². The lowest BCUT2D eigenvalue weighted by Gasteiger charge is -2.33. The van der Waals surface area contributed by atoms with Gasteiger partial charge in [0.1, 0.15) is 6.04 Å². The molecule has 216 valence electrons. The number of halogens is 1. The molecule has 0 aromatic heterocycles. The second kappa shape index (κ2) is 13.2. The highest BCUT2D eigenvalue weighted by molar-refractivity contribution is 9.10. The fourth-order valence-corrected chi connectivity index (χ4v) is 6.38. The van der Waals surface area contributed by atoms with Crippen LogP contribution in [0.2, 0.25) is 0 Å². The second-order valence-corrected chi connectivity index (χ2v) is 13.4. The maximum absolute atomic E-state index is 13.8. The molecule has 3 aromatic rings. The zero-order chi connectivity index (χ0) is 29.7. The van der Waals surface area contributed by atoms with E-state index < -0.39 is 34.7 Å². The number of aryl methyl sites for hydroxylation is 2. The number of hydrogen-bond acceptors (Lipinski definition) is 5. The Morgan fingerprint density at radius 1 is 1.02 bits per heavy atom. The molecule has 7 nitrogen and oxygen atoms in total. The van der Waals surface area contributed by atoms with E-state index in [1.807, 2.05) is 82.3 Å². The lowest BCUT2D eigenvalue weighted by Crippen LogP contribution is -2.58. The Hall–Kier alpha value is -3.14. The second-order valence-electron chi connectivity index (χ2n) is 10.9. The number of amides is 3. The minimum atomic E-state index is -1.56. The minimum absolute atomic E-state index is 0.240. The summed E-state index contributed by atoms with van der Waals surface area (Å²) in [6, 6.07) is 20.7. The van der Waals surface area contributed by atoms with Gasteiger partial charge in [-0.15, -0.1) is 11.8 Å². The van der Waals surface area contributed by atoms with Crippen LogP contribution in [0.5, 0.6) is 0 Å². The van der Waals surface area contributed by atoms with Crippen LogP contribution in [-0.2, 0) is 22.6 Å². The Kier molecular flexibility index (Phi) is 9.94. The Balaban J connectivity index is 1.55. The van der Waals surface area contributed by atoms with Crippen molar-refractivity contribution in [3.63, 3.8) is 0 Å². The third-order valence-electron chi connectivity index (χ3n) is 7.46. The number of benzene rings is 3. The van der Waals surface area contributed by atoms with Crippen molar-refractivity contribution >= 4 is 45.4 Å². The lowest BCUT2D eigenvalue weighted by molar-refractivity contribution is -0.147. The lowest BCUT2D eigenvalue weighted by atomic mass is 9.96. The first-order chi connectivity index (χ1) is 19.5. The summed E-state index contributed by atoms with van der Waals surface area (Å²) in [5.41, 5.74) is 4.24. The molecule has 3 N–H and O–H groups in total. The average Bonchev–Trinajstić information content (AvgIpc) is 3.28. The monoisotopic (exact) mass is 637 g/mol. The molecule has 3 atom stereocenters. The van der Waals surface area contributed by atoms with Crippen molar-refractivity contribution in [2.45, 2.75) is 63.6 Å². The molecule has 4 rings (SSSR count). The summed E-state index contributed by atoms with van der Waals surface area (Å²) < 4.78 is 0.309. The summed E-state index contributed by atoms with van der Waals surface area (Å²) in [4.78, 5) is 42.0. The summed E-state index contributed by atoms with van der Waals surface area (Å²) in [5, 5.41) is 17.3. The molecule has 0 radical (unpaired) electrons. The smallest absolute Gasteiger partial charge is 0.254 e. The highest BCUT2D eigenvalue weighted by atomic mass is 79.9. The van der Waals surface area contributed by atoms with E-state index in [1.54, 1.807) is 18.2 Å². The van der Waals surface area contributed by atoms with Gasteiger partial charge in [-0.25, -0.2) is 0 Å². The van der Waals surface area contributed by atoms with Crippen LogP contribution < -0.4 is 10.6 Å². The molecule has 3 unspecified atom stereocenters. The maximum Gasteiger partial charge on any atom is 0.254 e. The fraction of sp³-hybridized carbons (Fsp3) is 0.344. The van der Waals surface area contributed by atoms with Gasteiger partial charge < -0.3 is 20.6 Å². The molecule has 0 aliphatic carbocycles. The SMILES string of the molecule is Cc1cc(C(=O)NC(Cc2ccccc2)C(O)C(=O)N2CSC(C)(C)C2C(=O)NCc2ccccc2C)ccc1Br. The van der Waals surface area contributed by atoms with Crippen molar-refractivity contribution < 1.29 is 19.5 Å². The quantitative estimate of drug-likeness (QED) is 0.314. The van der Waals surface area contributed by atoms with Crippen LogP contribution in [0.25, 0.3) is 0 Å². The van der Waals surface area contributed by atoms with E-state index in [1.165, 1.54) is 16.7 Å². The molecule has 1 saturated heterocycles. The zero-order valence-corrected chi connectivity index (χ0v) is 26.1. The van der Waals surface area contributed by atoms with Gasteiger partial charge in [-0.05, 0) is 74.6 Å². The Morgan fingerprint density at radius 3 is 2.39 bits per heavy atom. The predicted molar refractivity (Wildman–Crippen MR) is 166 cm³/mol. The molecule has 41 heavy (non-hydrogen) atoms. The number of thioether (sulfide) groups is 1. The molecule has 9 heteroatoms. The van der Waals surface area contributed by atoms with Gasteiger partial charge in [0.25, 0.3) is 11.8 Å². The predicted octanol–water partition coefficient (Wildman–Crippen LogP) is 4.76. The van der Waals surface area contributed by atoms with E-state index in [0.29, 0.717) is 12.1 Å². The molecule has 0 saturated carbocycles. The first-order valence-electron chi connectivity index (χ1n) is 13.5. The number of aliphatic hydroxyl groups excluding tert-OH is 1. The Labute approximate surface area is 254 Å².